The Morgan fingerprint density at radius 2 is 2.12 bits per heavy atom. The molecule has 0 aliphatic carbocycles. The molecule has 88 valence electrons. The summed E-state index contributed by atoms with van der Waals surface area (Å²) in [6.07, 6.45) is 1.63. The summed E-state index contributed by atoms with van der Waals surface area (Å²) in [6, 6.07) is 4.01. The van der Waals surface area contributed by atoms with Crippen molar-refractivity contribution in [1.82, 2.24) is 5.32 Å². The van der Waals surface area contributed by atoms with Crippen LogP contribution in [0.25, 0.3) is 0 Å². The summed E-state index contributed by atoms with van der Waals surface area (Å²) in [7, 11) is 0. The number of carbonyl (C=O) groups excluding carboxylic acids is 1. The maximum Gasteiger partial charge on any atom is 0.254 e. The van der Waals surface area contributed by atoms with Gasteiger partial charge in [0.15, 0.2) is 0 Å². The number of anilines is 1. The topological polar surface area (TPSA) is 81.1 Å². The van der Waals surface area contributed by atoms with E-state index in [0.29, 0.717) is 18.8 Å². The predicted octanol–water partition coefficient (Wildman–Crippen LogP) is 0.877. The van der Waals surface area contributed by atoms with Crippen LogP contribution in [0.5, 0.6) is 0 Å². The van der Waals surface area contributed by atoms with Crippen molar-refractivity contribution < 1.29 is 9.18 Å². The lowest BCUT2D eigenvalue weighted by atomic mass is 10.2. The van der Waals surface area contributed by atoms with E-state index in [2.05, 4.69) is 5.32 Å². The molecule has 0 unspecified atom stereocenters. The molecule has 5 N–H and O–H groups in total. The van der Waals surface area contributed by atoms with E-state index >= 15 is 0 Å². The zero-order chi connectivity index (χ0) is 12.0. The van der Waals surface area contributed by atoms with Gasteiger partial charge in [-0.15, -0.1) is 0 Å². The third-order valence-corrected chi connectivity index (χ3v) is 2.15. The number of hydrogen-bond acceptors (Lipinski definition) is 3. The van der Waals surface area contributed by atoms with Gasteiger partial charge >= 0.3 is 0 Å². The summed E-state index contributed by atoms with van der Waals surface area (Å²) in [5.41, 5.74) is 11.0. The first-order valence-electron chi connectivity index (χ1n) is 5.18. The Hall–Kier alpha value is -1.62. The van der Waals surface area contributed by atoms with E-state index < -0.39 is 11.7 Å². The van der Waals surface area contributed by atoms with E-state index in [0.717, 1.165) is 18.9 Å². The van der Waals surface area contributed by atoms with E-state index in [1.165, 1.54) is 12.1 Å². The molecule has 1 aromatic carbocycles. The van der Waals surface area contributed by atoms with Gasteiger partial charge in [0.25, 0.3) is 5.91 Å². The van der Waals surface area contributed by atoms with Crippen molar-refractivity contribution >= 4 is 11.6 Å². The minimum atomic E-state index is -0.601. The molecule has 0 heterocycles. The number of rotatable bonds is 5. The number of unbranched alkanes of at least 4 members (excludes halogenated alkanes) is 1. The zero-order valence-corrected chi connectivity index (χ0v) is 9.00. The van der Waals surface area contributed by atoms with Crippen molar-refractivity contribution in [2.45, 2.75) is 12.8 Å². The highest BCUT2D eigenvalue weighted by Crippen LogP contribution is 2.11. The first kappa shape index (κ1) is 12.4. The van der Waals surface area contributed by atoms with Crippen LogP contribution in [0.15, 0.2) is 18.2 Å². The third-order valence-electron chi connectivity index (χ3n) is 2.15. The van der Waals surface area contributed by atoms with Gasteiger partial charge in [0.1, 0.15) is 5.82 Å². The summed E-state index contributed by atoms with van der Waals surface area (Å²) < 4.78 is 13.3. The van der Waals surface area contributed by atoms with E-state index in [9.17, 15) is 9.18 Å². The molecule has 0 saturated carbocycles. The Morgan fingerprint density at radius 3 is 2.75 bits per heavy atom. The summed E-state index contributed by atoms with van der Waals surface area (Å²) in [5.74, 6) is -1.02. The van der Waals surface area contributed by atoms with Gasteiger partial charge in [0, 0.05) is 12.2 Å². The average molecular weight is 225 g/mol. The number of nitrogens with two attached hydrogens (primary N) is 2. The summed E-state index contributed by atoms with van der Waals surface area (Å²) in [5, 5.41) is 2.62. The van der Waals surface area contributed by atoms with Gasteiger partial charge in [-0.1, -0.05) is 0 Å². The number of hydrogen-bond donors (Lipinski definition) is 3. The first-order chi connectivity index (χ1) is 7.65. The standard InChI is InChI=1S/C11H16FN3O/c12-10-7-8(14)3-4-9(10)11(16)15-6-2-1-5-13/h3-4,7H,1-2,5-6,13-14H2,(H,15,16). The van der Waals surface area contributed by atoms with Gasteiger partial charge in [-0.3, -0.25) is 4.79 Å². The molecule has 5 heteroatoms. The summed E-state index contributed by atoms with van der Waals surface area (Å²) in [6.45, 7) is 1.09. The first-order valence-corrected chi connectivity index (χ1v) is 5.18. The molecule has 0 spiro atoms. The number of benzene rings is 1. The highest BCUT2D eigenvalue weighted by Gasteiger charge is 2.10. The Kier molecular flexibility index (Phi) is 4.72. The van der Waals surface area contributed by atoms with Crippen LogP contribution >= 0.6 is 0 Å². The second-order valence-corrected chi connectivity index (χ2v) is 3.49. The molecular weight excluding hydrogens is 209 g/mol. The normalized spacial score (nSPS) is 10.1. The quantitative estimate of drug-likeness (QED) is 0.514. The van der Waals surface area contributed by atoms with E-state index in [-0.39, 0.29) is 5.56 Å². The van der Waals surface area contributed by atoms with Gasteiger partial charge in [-0.2, -0.15) is 0 Å². The SMILES string of the molecule is NCCCCNC(=O)c1ccc(N)cc1F. The van der Waals surface area contributed by atoms with Crippen molar-refractivity contribution in [3.63, 3.8) is 0 Å². The number of nitrogens with one attached hydrogen (secondary N) is 1. The number of carbonyl (C=O) groups is 1. The molecule has 1 amide bonds. The van der Waals surface area contributed by atoms with E-state index in [1.807, 2.05) is 0 Å². The van der Waals surface area contributed by atoms with Gasteiger partial charge in [-0.25, -0.2) is 4.39 Å². The van der Waals surface area contributed by atoms with Crippen LogP contribution in [0.2, 0.25) is 0 Å². The molecule has 0 aromatic heterocycles. The molecule has 0 aliphatic rings. The number of amides is 1. The molecule has 1 rings (SSSR count). The molecule has 0 radical (unpaired) electrons. The highest BCUT2D eigenvalue weighted by atomic mass is 19.1. The van der Waals surface area contributed by atoms with Crippen molar-refractivity contribution in [3.8, 4) is 0 Å². The molecule has 0 fully saturated rings. The monoisotopic (exact) mass is 225 g/mol. The second kappa shape index (κ2) is 6.07. The van der Waals surface area contributed by atoms with Gasteiger partial charge in [0.05, 0.1) is 5.56 Å². The molecule has 0 bridgehead atoms. The van der Waals surface area contributed by atoms with Crippen LogP contribution in [0.3, 0.4) is 0 Å². The summed E-state index contributed by atoms with van der Waals surface area (Å²) >= 11 is 0. The van der Waals surface area contributed by atoms with Crippen molar-refractivity contribution in [3.05, 3.63) is 29.6 Å². The Balaban J connectivity index is 2.53. The molecular formula is C11H16FN3O. The molecule has 1 aromatic rings. The lowest BCUT2D eigenvalue weighted by molar-refractivity contribution is 0.0949. The van der Waals surface area contributed by atoms with Crippen molar-refractivity contribution in [2.24, 2.45) is 5.73 Å². The van der Waals surface area contributed by atoms with E-state index in [1.54, 1.807) is 0 Å². The van der Waals surface area contributed by atoms with Crippen molar-refractivity contribution in [1.29, 1.82) is 0 Å². The van der Waals surface area contributed by atoms with Crippen molar-refractivity contribution in [2.75, 3.05) is 18.8 Å². The maximum absolute atomic E-state index is 13.3. The zero-order valence-electron chi connectivity index (χ0n) is 9.00. The second-order valence-electron chi connectivity index (χ2n) is 3.49. The lowest BCUT2D eigenvalue weighted by Crippen LogP contribution is -2.25. The molecule has 0 aliphatic heterocycles. The fraction of sp³-hybridized carbons (Fsp3) is 0.364. The van der Waals surface area contributed by atoms with Crippen LogP contribution in [0.4, 0.5) is 10.1 Å². The Morgan fingerprint density at radius 1 is 1.38 bits per heavy atom. The molecule has 16 heavy (non-hydrogen) atoms. The highest BCUT2D eigenvalue weighted by molar-refractivity contribution is 5.94. The maximum atomic E-state index is 13.3. The number of halogens is 1. The van der Waals surface area contributed by atoms with Gasteiger partial charge in [-0.05, 0) is 37.6 Å². The van der Waals surface area contributed by atoms with Crippen LogP contribution in [-0.4, -0.2) is 19.0 Å². The minimum absolute atomic E-state index is 0.0157. The van der Waals surface area contributed by atoms with Crippen LogP contribution in [-0.2, 0) is 0 Å². The minimum Gasteiger partial charge on any atom is -0.399 e. The van der Waals surface area contributed by atoms with E-state index in [4.69, 9.17) is 11.5 Å². The van der Waals surface area contributed by atoms with Crippen LogP contribution in [0, 0.1) is 5.82 Å². The molecule has 0 atom stereocenters. The summed E-state index contributed by atoms with van der Waals surface area (Å²) in [4.78, 5) is 11.5. The fourth-order valence-electron chi connectivity index (χ4n) is 1.28. The Labute approximate surface area is 93.8 Å². The lowest BCUT2D eigenvalue weighted by Gasteiger charge is -2.06. The van der Waals surface area contributed by atoms with Gasteiger partial charge in [0.2, 0.25) is 0 Å². The third kappa shape index (κ3) is 3.51. The largest absolute Gasteiger partial charge is 0.399 e. The Bertz CT molecular complexity index is 368. The molecule has 0 saturated heterocycles. The smallest absolute Gasteiger partial charge is 0.254 e. The average Bonchev–Trinajstić information content (AvgIpc) is 2.24. The predicted molar refractivity (Wildman–Crippen MR) is 61.4 cm³/mol. The van der Waals surface area contributed by atoms with Crippen LogP contribution < -0.4 is 16.8 Å². The van der Waals surface area contributed by atoms with Crippen LogP contribution in [0.1, 0.15) is 23.2 Å². The number of nitrogen functional groups attached to an aromatic ring is 1. The van der Waals surface area contributed by atoms with Gasteiger partial charge < -0.3 is 16.8 Å². The molecule has 4 nitrogen and oxygen atoms in total. The fourth-order valence-corrected chi connectivity index (χ4v) is 1.28.